The van der Waals surface area contributed by atoms with E-state index in [0.29, 0.717) is 12.0 Å². The number of carbonyl (C=O) groups is 1. The fourth-order valence-corrected chi connectivity index (χ4v) is 1.10. The molecule has 0 rings (SSSR count). The Balaban J connectivity index is 3.78. The number of aliphatic hydroxyl groups excluding tert-OH is 1. The second-order valence-corrected chi connectivity index (χ2v) is 3.19. The summed E-state index contributed by atoms with van der Waals surface area (Å²) in [5, 5.41) is 9.54. The average molecular weight is 210 g/mol. The number of rotatable bonds is 7. The summed E-state index contributed by atoms with van der Waals surface area (Å²) in [6.45, 7) is 7.08. The Morgan fingerprint density at radius 2 is 2.27 bits per heavy atom. The molecule has 0 aromatic rings. The van der Waals surface area contributed by atoms with Gasteiger partial charge in [-0.2, -0.15) is 0 Å². The van der Waals surface area contributed by atoms with E-state index < -0.39 is 12.1 Å². The van der Waals surface area contributed by atoms with Crippen molar-refractivity contribution < 1.29 is 14.6 Å². The summed E-state index contributed by atoms with van der Waals surface area (Å²) in [6, 6.07) is 0. The molecule has 0 heterocycles. The standard InChI is InChI=1S/C12H18O3/c1-4-5-6-7-8-11(13)9-10(2)12(14)15-3/h4-6,11,13H,1-2,7-9H2,3H3/b6-5+. The van der Waals surface area contributed by atoms with Crippen LogP contribution in [0.4, 0.5) is 0 Å². The van der Waals surface area contributed by atoms with Crippen molar-refractivity contribution in [3.8, 4) is 0 Å². The molecule has 0 saturated heterocycles. The molecule has 0 saturated carbocycles. The maximum atomic E-state index is 11.0. The molecule has 3 nitrogen and oxygen atoms in total. The van der Waals surface area contributed by atoms with Crippen molar-refractivity contribution in [3.05, 3.63) is 37.0 Å². The van der Waals surface area contributed by atoms with Gasteiger partial charge in [0.2, 0.25) is 0 Å². The van der Waals surface area contributed by atoms with Gasteiger partial charge in [0.25, 0.3) is 0 Å². The van der Waals surface area contributed by atoms with Gasteiger partial charge < -0.3 is 9.84 Å². The lowest BCUT2D eigenvalue weighted by Crippen LogP contribution is -2.12. The van der Waals surface area contributed by atoms with Gasteiger partial charge in [-0.25, -0.2) is 4.79 Å². The summed E-state index contributed by atoms with van der Waals surface area (Å²) in [6.07, 6.45) is 6.47. The number of methoxy groups -OCH3 is 1. The molecule has 0 amide bonds. The second-order valence-electron chi connectivity index (χ2n) is 3.19. The molecular formula is C12H18O3. The zero-order valence-corrected chi connectivity index (χ0v) is 9.11. The van der Waals surface area contributed by atoms with Crippen molar-refractivity contribution in [2.24, 2.45) is 0 Å². The van der Waals surface area contributed by atoms with Crippen LogP contribution in [0.2, 0.25) is 0 Å². The number of aliphatic hydroxyl groups is 1. The number of hydrogen-bond acceptors (Lipinski definition) is 3. The Hall–Kier alpha value is -1.35. The van der Waals surface area contributed by atoms with Crippen LogP contribution in [0, 0.1) is 0 Å². The van der Waals surface area contributed by atoms with Crippen molar-refractivity contribution in [3.63, 3.8) is 0 Å². The Morgan fingerprint density at radius 3 is 2.80 bits per heavy atom. The summed E-state index contributed by atoms with van der Waals surface area (Å²) in [7, 11) is 1.30. The van der Waals surface area contributed by atoms with Gasteiger partial charge in [0.15, 0.2) is 0 Å². The van der Waals surface area contributed by atoms with Crippen LogP contribution in [-0.2, 0) is 9.53 Å². The van der Waals surface area contributed by atoms with Crippen molar-refractivity contribution in [2.75, 3.05) is 7.11 Å². The van der Waals surface area contributed by atoms with Crippen molar-refractivity contribution in [1.29, 1.82) is 0 Å². The third kappa shape index (κ3) is 6.69. The molecule has 84 valence electrons. The first-order valence-electron chi connectivity index (χ1n) is 4.83. The number of allylic oxidation sites excluding steroid dienone is 3. The zero-order chi connectivity index (χ0) is 11.7. The molecule has 0 aliphatic rings. The minimum atomic E-state index is -0.550. The monoisotopic (exact) mass is 210 g/mol. The van der Waals surface area contributed by atoms with E-state index in [1.54, 1.807) is 6.08 Å². The highest BCUT2D eigenvalue weighted by Crippen LogP contribution is 2.10. The SMILES string of the molecule is C=C/C=C/CCC(O)CC(=C)C(=O)OC. The van der Waals surface area contributed by atoms with E-state index in [0.717, 1.165) is 6.42 Å². The Kier molecular flexibility index (Phi) is 7.28. The van der Waals surface area contributed by atoms with Crippen LogP contribution in [0.15, 0.2) is 37.0 Å². The van der Waals surface area contributed by atoms with E-state index in [4.69, 9.17) is 0 Å². The van der Waals surface area contributed by atoms with E-state index in [1.165, 1.54) is 7.11 Å². The fraction of sp³-hybridized carbons (Fsp3) is 0.417. The molecule has 15 heavy (non-hydrogen) atoms. The van der Waals surface area contributed by atoms with Crippen LogP contribution in [0.1, 0.15) is 19.3 Å². The summed E-state index contributed by atoms with van der Waals surface area (Å²) < 4.78 is 4.48. The van der Waals surface area contributed by atoms with Gasteiger partial charge in [-0.15, -0.1) is 0 Å². The maximum absolute atomic E-state index is 11.0. The predicted octanol–water partition coefficient (Wildman–Crippen LogP) is 1.99. The van der Waals surface area contributed by atoms with Gasteiger partial charge in [0.1, 0.15) is 0 Å². The summed E-state index contributed by atoms with van der Waals surface area (Å²) in [5.41, 5.74) is 0.303. The Morgan fingerprint density at radius 1 is 1.60 bits per heavy atom. The predicted molar refractivity (Wildman–Crippen MR) is 60.4 cm³/mol. The van der Waals surface area contributed by atoms with Crippen LogP contribution in [0.3, 0.4) is 0 Å². The summed E-state index contributed by atoms with van der Waals surface area (Å²) in [4.78, 5) is 11.0. The lowest BCUT2D eigenvalue weighted by Gasteiger charge is -2.09. The third-order valence-corrected chi connectivity index (χ3v) is 1.89. The lowest BCUT2D eigenvalue weighted by molar-refractivity contribution is -0.136. The van der Waals surface area contributed by atoms with Crippen molar-refractivity contribution in [2.45, 2.75) is 25.4 Å². The van der Waals surface area contributed by atoms with Crippen LogP contribution < -0.4 is 0 Å². The summed E-state index contributed by atoms with van der Waals surface area (Å²) >= 11 is 0. The summed E-state index contributed by atoms with van der Waals surface area (Å²) in [5.74, 6) is -0.462. The topological polar surface area (TPSA) is 46.5 Å². The minimum absolute atomic E-state index is 0.259. The van der Waals surface area contributed by atoms with Gasteiger partial charge in [-0.3, -0.25) is 0 Å². The van der Waals surface area contributed by atoms with Gasteiger partial charge in [-0.1, -0.05) is 31.4 Å². The van der Waals surface area contributed by atoms with Gasteiger partial charge in [-0.05, 0) is 12.8 Å². The van der Waals surface area contributed by atoms with E-state index in [2.05, 4.69) is 17.9 Å². The minimum Gasteiger partial charge on any atom is -0.466 e. The van der Waals surface area contributed by atoms with Crippen LogP contribution >= 0.6 is 0 Å². The van der Waals surface area contributed by atoms with Gasteiger partial charge >= 0.3 is 5.97 Å². The number of carbonyl (C=O) groups excluding carboxylic acids is 1. The van der Waals surface area contributed by atoms with E-state index >= 15 is 0 Å². The molecule has 0 spiro atoms. The Bertz CT molecular complexity index is 254. The third-order valence-electron chi connectivity index (χ3n) is 1.89. The number of esters is 1. The molecule has 3 heteroatoms. The van der Waals surface area contributed by atoms with E-state index in [-0.39, 0.29) is 6.42 Å². The number of hydrogen-bond donors (Lipinski definition) is 1. The Labute approximate surface area is 90.8 Å². The first kappa shape index (κ1) is 13.7. The molecule has 1 N–H and O–H groups in total. The van der Waals surface area contributed by atoms with E-state index in [1.807, 2.05) is 12.2 Å². The van der Waals surface area contributed by atoms with Gasteiger partial charge in [0, 0.05) is 12.0 Å². The number of ether oxygens (including phenoxy) is 1. The molecule has 0 aromatic heterocycles. The highest BCUT2D eigenvalue weighted by atomic mass is 16.5. The molecular weight excluding hydrogens is 192 g/mol. The second kappa shape index (κ2) is 8.00. The van der Waals surface area contributed by atoms with Crippen LogP contribution in [0.5, 0.6) is 0 Å². The molecule has 0 aromatic carbocycles. The normalized spacial score (nSPS) is 12.4. The maximum Gasteiger partial charge on any atom is 0.333 e. The molecule has 1 unspecified atom stereocenters. The molecule has 0 radical (unpaired) electrons. The first-order chi connectivity index (χ1) is 7.11. The zero-order valence-electron chi connectivity index (χ0n) is 9.11. The quantitative estimate of drug-likeness (QED) is 0.397. The molecule has 0 bridgehead atoms. The van der Waals surface area contributed by atoms with Crippen molar-refractivity contribution in [1.82, 2.24) is 0 Å². The smallest absolute Gasteiger partial charge is 0.333 e. The van der Waals surface area contributed by atoms with Crippen LogP contribution in [0.25, 0.3) is 0 Å². The van der Waals surface area contributed by atoms with E-state index in [9.17, 15) is 9.90 Å². The first-order valence-corrected chi connectivity index (χ1v) is 4.83. The van der Waals surface area contributed by atoms with Crippen LogP contribution in [-0.4, -0.2) is 24.3 Å². The average Bonchev–Trinajstić information content (AvgIpc) is 2.23. The molecule has 1 atom stereocenters. The molecule has 0 aliphatic carbocycles. The largest absolute Gasteiger partial charge is 0.466 e. The fourth-order valence-electron chi connectivity index (χ4n) is 1.10. The highest BCUT2D eigenvalue weighted by molar-refractivity contribution is 5.87. The highest BCUT2D eigenvalue weighted by Gasteiger charge is 2.11. The molecule has 0 fully saturated rings. The lowest BCUT2D eigenvalue weighted by atomic mass is 10.1. The van der Waals surface area contributed by atoms with Gasteiger partial charge in [0.05, 0.1) is 13.2 Å². The van der Waals surface area contributed by atoms with Crippen molar-refractivity contribution >= 4 is 5.97 Å². The molecule has 0 aliphatic heterocycles.